The number of hydrogen-bond acceptors (Lipinski definition) is 4. The summed E-state index contributed by atoms with van der Waals surface area (Å²) in [4.78, 5) is 16.6. The van der Waals surface area contributed by atoms with E-state index in [1.807, 2.05) is 36.4 Å². The van der Waals surface area contributed by atoms with Gasteiger partial charge in [-0.3, -0.25) is 15.0 Å². The molecule has 0 aliphatic carbocycles. The Balaban J connectivity index is 1.47. The van der Waals surface area contributed by atoms with Crippen LogP contribution in [0.4, 0.5) is 10.1 Å². The molecule has 146 valence electrons. The van der Waals surface area contributed by atoms with Crippen molar-refractivity contribution >= 4 is 22.5 Å². The molecule has 0 spiro atoms. The number of nitrogens with zero attached hydrogens (tertiary/aromatic N) is 3. The van der Waals surface area contributed by atoms with Gasteiger partial charge in [-0.2, -0.15) is 10.2 Å². The minimum Gasteiger partial charge on any atom is -0.322 e. The lowest BCUT2D eigenvalue weighted by Gasteiger charge is -2.07. The summed E-state index contributed by atoms with van der Waals surface area (Å²) < 4.78 is 13.1. The second-order valence-electron chi connectivity index (χ2n) is 6.70. The fourth-order valence-corrected chi connectivity index (χ4v) is 3.27. The van der Waals surface area contributed by atoms with Crippen LogP contribution in [0.5, 0.6) is 0 Å². The van der Waals surface area contributed by atoms with Gasteiger partial charge in [0.2, 0.25) is 0 Å². The first-order valence-electron chi connectivity index (χ1n) is 9.19. The number of rotatable bonds is 4. The number of nitrogens with one attached hydrogen (secondary N) is 3. The van der Waals surface area contributed by atoms with Gasteiger partial charge in [0, 0.05) is 27.8 Å². The van der Waals surface area contributed by atoms with E-state index in [0.29, 0.717) is 17.1 Å². The number of anilines is 1. The van der Waals surface area contributed by atoms with E-state index in [1.165, 1.54) is 30.6 Å². The Labute approximate surface area is 170 Å². The number of aromatic nitrogens is 5. The fourth-order valence-electron chi connectivity index (χ4n) is 3.27. The number of fused-ring (bicyclic) bond motifs is 1. The van der Waals surface area contributed by atoms with E-state index in [2.05, 4.69) is 30.7 Å². The average molecular weight is 398 g/mol. The molecule has 7 nitrogen and oxygen atoms in total. The number of aromatic amines is 2. The summed E-state index contributed by atoms with van der Waals surface area (Å²) in [7, 11) is 0. The molecule has 0 saturated heterocycles. The molecule has 0 aliphatic heterocycles. The molecule has 5 rings (SSSR count). The van der Waals surface area contributed by atoms with Crippen LogP contribution < -0.4 is 5.32 Å². The molecule has 2 heterocycles. The Bertz CT molecular complexity index is 1340. The number of halogens is 1. The van der Waals surface area contributed by atoms with Crippen molar-refractivity contribution in [3.05, 3.63) is 84.4 Å². The van der Waals surface area contributed by atoms with Crippen LogP contribution in [-0.4, -0.2) is 31.3 Å². The van der Waals surface area contributed by atoms with Gasteiger partial charge in [-0.25, -0.2) is 9.37 Å². The fraction of sp³-hybridized carbons (Fsp3) is 0. The monoisotopic (exact) mass is 398 g/mol. The van der Waals surface area contributed by atoms with Gasteiger partial charge >= 0.3 is 0 Å². The Kier molecular flexibility index (Phi) is 4.29. The summed E-state index contributed by atoms with van der Waals surface area (Å²) in [5.74, 6) is -0.0985. The molecule has 30 heavy (non-hydrogen) atoms. The number of carbonyl (C=O) groups is 1. The predicted octanol–water partition coefficient (Wildman–Crippen LogP) is 4.41. The Morgan fingerprint density at radius 1 is 0.933 bits per heavy atom. The normalized spacial score (nSPS) is 11.0. The largest absolute Gasteiger partial charge is 0.322 e. The molecule has 0 saturated carbocycles. The molecule has 0 radical (unpaired) electrons. The van der Waals surface area contributed by atoms with Gasteiger partial charge in [-0.05, 0) is 54.6 Å². The van der Waals surface area contributed by atoms with Crippen molar-refractivity contribution in [2.24, 2.45) is 0 Å². The van der Waals surface area contributed by atoms with E-state index in [0.717, 1.165) is 27.7 Å². The Morgan fingerprint density at radius 2 is 1.80 bits per heavy atom. The van der Waals surface area contributed by atoms with Gasteiger partial charge in [-0.1, -0.05) is 12.1 Å². The maximum absolute atomic E-state index is 13.1. The van der Waals surface area contributed by atoms with E-state index in [-0.39, 0.29) is 11.7 Å². The summed E-state index contributed by atoms with van der Waals surface area (Å²) in [6.07, 6.45) is 1.53. The highest BCUT2D eigenvalue weighted by atomic mass is 19.1. The molecule has 3 N–H and O–H groups in total. The molecule has 5 aromatic rings. The van der Waals surface area contributed by atoms with E-state index in [1.54, 1.807) is 6.07 Å². The SMILES string of the molecule is O=C(Nc1cccc(-c2n[nH]c3ccc(-c4nc[nH]n4)cc23)c1)c1ccc(F)cc1. The second kappa shape index (κ2) is 7.25. The number of H-pyrrole nitrogens is 2. The first-order chi connectivity index (χ1) is 14.7. The maximum atomic E-state index is 13.1. The standard InChI is InChI=1S/C22H15FN6O/c23-16-7-4-13(5-8-16)22(30)26-17-3-1-2-14(10-17)20-18-11-15(21-24-12-25-29-21)6-9-19(18)27-28-20/h1-12H,(H,26,30)(H,27,28)(H,24,25,29). The van der Waals surface area contributed by atoms with E-state index >= 15 is 0 Å². The molecule has 2 aromatic heterocycles. The molecule has 0 aliphatic rings. The van der Waals surface area contributed by atoms with Crippen molar-refractivity contribution in [1.82, 2.24) is 25.4 Å². The van der Waals surface area contributed by atoms with Crippen molar-refractivity contribution in [3.63, 3.8) is 0 Å². The molecular formula is C22H15FN6O. The summed E-state index contributed by atoms with van der Waals surface area (Å²) in [6.45, 7) is 0. The molecule has 0 fully saturated rings. The minimum atomic E-state index is -0.386. The first kappa shape index (κ1) is 17.7. The lowest BCUT2D eigenvalue weighted by atomic mass is 10.0. The zero-order valence-electron chi connectivity index (χ0n) is 15.6. The second-order valence-corrected chi connectivity index (χ2v) is 6.70. The minimum absolute atomic E-state index is 0.314. The van der Waals surface area contributed by atoms with Crippen LogP contribution in [0.2, 0.25) is 0 Å². The van der Waals surface area contributed by atoms with Gasteiger partial charge in [0.1, 0.15) is 12.1 Å². The summed E-state index contributed by atoms with van der Waals surface area (Å²) in [5.41, 5.74) is 4.33. The van der Waals surface area contributed by atoms with Crippen LogP contribution >= 0.6 is 0 Å². The van der Waals surface area contributed by atoms with Crippen molar-refractivity contribution in [2.45, 2.75) is 0 Å². The zero-order valence-corrected chi connectivity index (χ0v) is 15.6. The highest BCUT2D eigenvalue weighted by Crippen LogP contribution is 2.30. The van der Waals surface area contributed by atoms with Crippen LogP contribution in [-0.2, 0) is 0 Å². The number of carbonyl (C=O) groups excluding carboxylic acids is 1. The van der Waals surface area contributed by atoms with Crippen LogP contribution in [0.25, 0.3) is 33.5 Å². The quantitative estimate of drug-likeness (QED) is 0.418. The predicted molar refractivity (Wildman–Crippen MR) is 111 cm³/mol. The smallest absolute Gasteiger partial charge is 0.255 e. The van der Waals surface area contributed by atoms with Crippen molar-refractivity contribution in [3.8, 4) is 22.6 Å². The van der Waals surface area contributed by atoms with Crippen molar-refractivity contribution < 1.29 is 9.18 Å². The average Bonchev–Trinajstić information content (AvgIpc) is 3.44. The topological polar surface area (TPSA) is 99.4 Å². The summed E-state index contributed by atoms with van der Waals surface area (Å²) >= 11 is 0. The highest BCUT2D eigenvalue weighted by Gasteiger charge is 2.12. The lowest BCUT2D eigenvalue weighted by Crippen LogP contribution is -2.11. The highest BCUT2D eigenvalue weighted by molar-refractivity contribution is 6.04. The van der Waals surface area contributed by atoms with Gasteiger partial charge < -0.3 is 5.32 Å². The van der Waals surface area contributed by atoms with Gasteiger partial charge in [0.05, 0.1) is 11.2 Å². The molecule has 0 bridgehead atoms. The number of benzene rings is 3. The lowest BCUT2D eigenvalue weighted by molar-refractivity contribution is 0.102. The summed E-state index contributed by atoms with van der Waals surface area (Å²) in [6, 6.07) is 18.6. The Hall–Kier alpha value is -4.33. The number of amides is 1. The van der Waals surface area contributed by atoms with E-state index in [9.17, 15) is 9.18 Å². The summed E-state index contributed by atoms with van der Waals surface area (Å²) in [5, 5.41) is 18.1. The van der Waals surface area contributed by atoms with Crippen molar-refractivity contribution in [1.29, 1.82) is 0 Å². The van der Waals surface area contributed by atoms with E-state index < -0.39 is 0 Å². The maximum Gasteiger partial charge on any atom is 0.255 e. The third kappa shape index (κ3) is 3.30. The van der Waals surface area contributed by atoms with Gasteiger partial charge in [0.25, 0.3) is 5.91 Å². The number of hydrogen-bond donors (Lipinski definition) is 3. The first-order valence-corrected chi connectivity index (χ1v) is 9.19. The van der Waals surface area contributed by atoms with Crippen LogP contribution in [0.3, 0.4) is 0 Å². The Morgan fingerprint density at radius 3 is 2.60 bits per heavy atom. The molecule has 1 amide bonds. The zero-order chi connectivity index (χ0) is 20.5. The van der Waals surface area contributed by atoms with E-state index in [4.69, 9.17) is 0 Å². The molecule has 8 heteroatoms. The van der Waals surface area contributed by atoms with Crippen molar-refractivity contribution in [2.75, 3.05) is 5.32 Å². The molecule has 0 atom stereocenters. The van der Waals surface area contributed by atoms with Crippen LogP contribution in [0.1, 0.15) is 10.4 Å². The van der Waals surface area contributed by atoms with Gasteiger partial charge in [-0.15, -0.1) is 0 Å². The molecule has 3 aromatic carbocycles. The third-order valence-electron chi connectivity index (χ3n) is 4.74. The molecule has 0 unspecified atom stereocenters. The van der Waals surface area contributed by atoms with Crippen LogP contribution in [0, 0.1) is 5.82 Å². The van der Waals surface area contributed by atoms with Crippen LogP contribution in [0.15, 0.2) is 73.1 Å². The third-order valence-corrected chi connectivity index (χ3v) is 4.74. The molecular weight excluding hydrogens is 383 g/mol. The van der Waals surface area contributed by atoms with Gasteiger partial charge in [0.15, 0.2) is 5.82 Å².